The van der Waals surface area contributed by atoms with E-state index in [-0.39, 0.29) is 23.6 Å². The Balaban J connectivity index is 1.65. The maximum absolute atomic E-state index is 12.6. The molecule has 0 radical (unpaired) electrons. The maximum Gasteiger partial charge on any atom is 0.251 e. The van der Waals surface area contributed by atoms with Crippen LogP contribution in [0.3, 0.4) is 0 Å². The van der Waals surface area contributed by atoms with Crippen LogP contribution < -0.4 is 10.9 Å². The van der Waals surface area contributed by atoms with Crippen molar-refractivity contribution in [3.05, 3.63) is 69.6 Å². The van der Waals surface area contributed by atoms with Gasteiger partial charge in [0.15, 0.2) is 0 Å². The summed E-state index contributed by atoms with van der Waals surface area (Å²) in [5.41, 5.74) is 1.91. The molecule has 1 fully saturated rings. The molecule has 1 aromatic carbocycles. The lowest BCUT2D eigenvalue weighted by atomic mass is 10.1. The molecule has 1 saturated heterocycles. The highest BCUT2D eigenvalue weighted by Gasteiger charge is 2.28. The first-order valence-corrected chi connectivity index (χ1v) is 8.93. The molecule has 1 aromatic heterocycles. The minimum atomic E-state index is -0.283. The fourth-order valence-corrected chi connectivity index (χ4v) is 3.00. The van der Waals surface area contributed by atoms with Crippen molar-refractivity contribution in [2.75, 3.05) is 13.2 Å². The van der Waals surface area contributed by atoms with Crippen LogP contribution in [-0.2, 0) is 22.5 Å². The number of ether oxygens (including phenoxy) is 2. The largest absolute Gasteiger partial charge is 0.379 e. The van der Waals surface area contributed by atoms with Gasteiger partial charge in [0.05, 0.1) is 25.4 Å². The van der Waals surface area contributed by atoms with Gasteiger partial charge in [0.25, 0.3) is 5.91 Å². The molecule has 0 aliphatic carbocycles. The molecule has 2 aromatic rings. The number of aryl methyl sites for hydroxylation is 1. The molecule has 6 nitrogen and oxygen atoms in total. The number of H-pyrrole nitrogens is 1. The van der Waals surface area contributed by atoms with Gasteiger partial charge in [-0.25, -0.2) is 0 Å². The molecule has 3 rings (SSSR count). The van der Waals surface area contributed by atoms with Gasteiger partial charge >= 0.3 is 0 Å². The predicted octanol–water partition coefficient (Wildman–Crippen LogP) is 2.04. The van der Waals surface area contributed by atoms with Crippen LogP contribution >= 0.6 is 0 Å². The smallest absolute Gasteiger partial charge is 0.251 e. The monoisotopic (exact) mass is 356 g/mol. The SMILES string of the molecule is CCc1cc(C(=O)N[C@@H]2COCC[C@@H]2OCc2ccccc2)cc(=O)[nH]1. The second kappa shape index (κ2) is 8.78. The Morgan fingerprint density at radius 3 is 2.88 bits per heavy atom. The highest BCUT2D eigenvalue weighted by molar-refractivity contribution is 5.94. The minimum Gasteiger partial charge on any atom is -0.379 e. The van der Waals surface area contributed by atoms with Crippen molar-refractivity contribution >= 4 is 5.91 Å². The minimum absolute atomic E-state index is 0.124. The summed E-state index contributed by atoms with van der Waals surface area (Å²) in [7, 11) is 0. The van der Waals surface area contributed by atoms with Crippen LogP contribution in [0.2, 0.25) is 0 Å². The van der Waals surface area contributed by atoms with Gasteiger partial charge in [0, 0.05) is 23.9 Å². The van der Waals surface area contributed by atoms with Crippen molar-refractivity contribution in [3.8, 4) is 0 Å². The van der Waals surface area contributed by atoms with E-state index in [2.05, 4.69) is 10.3 Å². The first kappa shape index (κ1) is 18.4. The van der Waals surface area contributed by atoms with E-state index in [0.717, 1.165) is 11.3 Å². The highest BCUT2D eigenvalue weighted by Crippen LogP contribution is 2.15. The molecule has 2 heterocycles. The van der Waals surface area contributed by atoms with Gasteiger partial charge in [-0.1, -0.05) is 37.3 Å². The lowest BCUT2D eigenvalue weighted by molar-refractivity contribution is -0.0605. The predicted molar refractivity (Wildman–Crippen MR) is 98.1 cm³/mol. The van der Waals surface area contributed by atoms with E-state index in [1.807, 2.05) is 37.3 Å². The lowest BCUT2D eigenvalue weighted by Gasteiger charge is -2.32. The molecule has 138 valence electrons. The number of hydrogen-bond donors (Lipinski definition) is 2. The zero-order valence-electron chi connectivity index (χ0n) is 14.9. The molecule has 1 aliphatic rings. The fraction of sp³-hybridized carbons (Fsp3) is 0.400. The van der Waals surface area contributed by atoms with Crippen LogP contribution in [0, 0.1) is 0 Å². The molecular weight excluding hydrogens is 332 g/mol. The number of hydrogen-bond acceptors (Lipinski definition) is 4. The number of aromatic nitrogens is 1. The van der Waals surface area contributed by atoms with Gasteiger partial charge in [0.2, 0.25) is 5.56 Å². The average Bonchev–Trinajstić information content (AvgIpc) is 2.67. The zero-order valence-corrected chi connectivity index (χ0v) is 14.9. The van der Waals surface area contributed by atoms with Crippen molar-refractivity contribution in [2.24, 2.45) is 0 Å². The third-order valence-corrected chi connectivity index (χ3v) is 4.46. The molecule has 26 heavy (non-hydrogen) atoms. The van der Waals surface area contributed by atoms with Crippen molar-refractivity contribution in [3.63, 3.8) is 0 Å². The molecule has 1 aliphatic heterocycles. The Bertz CT molecular complexity index is 788. The number of pyridine rings is 1. The Morgan fingerprint density at radius 1 is 1.31 bits per heavy atom. The molecule has 0 unspecified atom stereocenters. The molecule has 0 spiro atoms. The molecule has 0 bridgehead atoms. The van der Waals surface area contributed by atoms with Crippen molar-refractivity contribution < 1.29 is 14.3 Å². The van der Waals surface area contributed by atoms with Crippen molar-refractivity contribution in [1.82, 2.24) is 10.3 Å². The Labute approximate surface area is 152 Å². The summed E-state index contributed by atoms with van der Waals surface area (Å²) in [6.45, 7) is 3.42. The molecule has 2 N–H and O–H groups in total. The van der Waals surface area contributed by atoms with Crippen LogP contribution in [0.15, 0.2) is 47.3 Å². The number of benzene rings is 1. The summed E-state index contributed by atoms with van der Waals surface area (Å²) in [6, 6.07) is 12.7. The van der Waals surface area contributed by atoms with E-state index in [0.29, 0.717) is 38.2 Å². The number of amides is 1. The van der Waals surface area contributed by atoms with E-state index in [1.165, 1.54) is 6.07 Å². The maximum atomic E-state index is 12.6. The number of carbonyl (C=O) groups excluding carboxylic acids is 1. The summed E-state index contributed by atoms with van der Waals surface area (Å²) in [4.78, 5) is 27.0. The highest BCUT2D eigenvalue weighted by atomic mass is 16.5. The van der Waals surface area contributed by atoms with Gasteiger partial charge in [-0.05, 0) is 24.5 Å². The summed E-state index contributed by atoms with van der Waals surface area (Å²) < 4.78 is 11.5. The standard InChI is InChI=1S/C20H24N2O4/c1-2-16-10-15(11-19(23)21-16)20(24)22-17-13-25-9-8-18(17)26-12-14-6-4-3-5-7-14/h3-7,10-11,17-18H,2,8-9,12-13H2,1H3,(H,21,23)(H,22,24)/t17-,18+/m1/s1. The van der Waals surface area contributed by atoms with Gasteiger partial charge < -0.3 is 19.8 Å². The van der Waals surface area contributed by atoms with Crippen molar-refractivity contribution in [1.29, 1.82) is 0 Å². The van der Waals surface area contributed by atoms with Crippen molar-refractivity contribution in [2.45, 2.75) is 38.5 Å². The molecular formula is C20H24N2O4. The number of aromatic amines is 1. The molecule has 2 atom stereocenters. The average molecular weight is 356 g/mol. The van der Waals surface area contributed by atoms with Gasteiger partial charge in [-0.3, -0.25) is 9.59 Å². The Hall–Kier alpha value is -2.44. The number of rotatable bonds is 6. The first-order valence-electron chi connectivity index (χ1n) is 8.93. The van der Waals surface area contributed by atoms with Gasteiger partial charge in [0.1, 0.15) is 0 Å². The van der Waals surface area contributed by atoms with E-state index in [4.69, 9.17) is 9.47 Å². The van der Waals surface area contributed by atoms with Crippen LogP contribution in [0.1, 0.15) is 35.0 Å². The number of nitrogens with one attached hydrogen (secondary N) is 2. The number of carbonyl (C=O) groups is 1. The normalized spacial score (nSPS) is 19.9. The molecule has 1 amide bonds. The second-order valence-electron chi connectivity index (χ2n) is 6.39. The summed E-state index contributed by atoms with van der Waals surface area (Å²) in [5, 5.41) is 2.96. The molecule has 6 heteroatoms. The van der Waals surface area contributed by atoms with Crippen LogP contribution in [0.4, 0.5) is 0 Å². The fourth-order valence-electron chi connectivity index (χ4n) is 3.00. The molecule has 0 saturated carbocycles. The van der Waals surface area contributed by atoms with Crippen LogP contribution in [0.5, 0.6) is 0 Å². The third-order valence-electron chi connectivity index (χ3n) is 4.46. The van der Waals surface area contributed by atoms with E-state index in [1.54, 1.807) is 6.07 Å². The zero-order chi connectivity index (χ0) is 18.4. The lowest BCUT2D eigenvalue weighted by Crippen LogP contribution is -2.50. The van der Waals surface area contributed by atoms with Gasteiger partial charge in [-0.2, -0.15) is 0 Å². The van der Waals surface area contributed by atoms with E-state index >= 15 is 0 Å². The van der Waals surface area contributed by atoms with E-state index in [9.17, 15) is 9.59 Å². The van der Waals surface area contributed by atoms with Gasteiger partial charge in [-0.15, -0.1) is 0 Å². The summed E-state index contributed by atoms with van der Waals surface area (Å²) in [5.74, 6) is -0.283. The summed E-state index contributed by atoms with van der Waals surface area (Å²) >= 11 is 0. The van der Waals surface area contributed by atoms with E-state index < -0.39 is 0 Å². The first-order chi connectivity index (χ1) is 12.7. The Morgan fingerprint density at radius 2 is 2.12 bits per heavy atom. The Kier molecular flexibility index (Phi) is 6.20. The topological polar surface area (TPSA) is 80.4 Å². The quantitative estimate of drug-likeness (QED) is 0.830. The van der Waals surface area contributed by atoms with Crippen LogP contribution in [-0.4, -0.2) is 36.3 Å². The van der Waals surface area contributed by atoms with Crippen LogP contribution in [0.25, 0.3) is 0 Å². The third kappa shape index (κ3) is 4.80. The second-order valence-corrected chi connectivity index (χ2v) is 6.39. The summed E-state index contributed by atoms with van der Waals surface area (Å²) in [6.07, 6.45) is 1.25.